The van der Waals surface area contributed by atoms with Crippen molar-refractivity contribution in [2.24, 2.45) is 5.10 Å². The molecule has 0 amide bonds. The molecule has 1 aliphatic rings. The van der Waals surface area contributed by atoms with Crippen LogP contribution in [0.3, 0.4) is 0 Å². The second kappa shape index (κ2) is 6.20. The minimum atomic E-state index is 0.311. The van der Waals surface area contributed by atoms with Gasteiger partial charge >= 0.3 is 0 Å². The topological polar surface area (TPSA) is 54.9 Å². The second-order valence-electron chi connectivity index (χ2n) is 3.73. The molecule has 1 aliphatic heterocycles. The number of hydrazone groups is 1. The third-order valence-corrected chi connectivity index (χ3v) is 2.78. The number of aryl methyl sites for hydroxylation is 1. The van der Waals surface area contributed by atoms with Gasteiger partial charge < -0.3 is 14.8 Å². The van der Waals surface area contributed by atoms with Gasteiger partial charge in [-0.05, 0) is 42.8 Å². The van der Waals surface area contributed by atoms with Gasteiger partial charge in [-0.15, -0.1) is 0 Å². The van der Waals surface area contributed by atoms with Crippen LogP contribution in [0.5, 0.6) is 11.5 Å². The Morgan fingerprint density at radius 3 is 3.11 bits per heavy atom. The summed E-state index contributed by atoms with van der Waals surface area (Å²) in [5.41, 5.74) is 3.90. The molecule has 2 rings (SSSR count). The van der Waals surface area contributed by atoms with E-state index in [-0.39, 0.29) is 0 Å². The molecule has 0 saturated heterocycles. The average Bonchev–Trinajstić information content (AvgIpc) is 2.85. The Hall–Kier alpha value is -1.82. The predicted octanol–water partition coefficient (Wildman–Crippen LogP) is 1.43. The highest BCUT2D eigenvalue weighted by Crippen LogP contribution is 2.32. The van der Waals surface area contributed by atoms with Gasteiger partial charge in [-0.1, -0.05) is 6.07 Å². The molecule has 0 saturated carbocycles. The van der Waals surface area contributed by atoms with Crippen LogP contribution in [0.4, 0.5) is 0 Å². The highest BCUT2D eigenvalue weighted by Gasteiger charge is 2.12. The summed E-state index contributed by atoms with van der Waals surface area (Å²) in [5.74, 6) is 1.63. The van der Waals surface area contributed by atoms with Crippen molar-refractivity contribution >= 4 is 23.5 Å². The van der Waals surface area contributed by atoms with E-state index in [1.807, 2.05) is 18.2 Å². The molecule has 1 aromatic rings. The van der Waals surface area contributed by atoms with Crippen LogP contribution in [0, 0.1) is 0 Å². The van der Waals surface area contributed by atoms with Crippen LogP contribution in [-0.2, 0) is 6.42 Å². The van der Waals surface area contributed by atoms with Gasteiger partial charge in [0.2, 0.25) is 6.79 Å². The molecular weight excluding hydrogens is 250 g/mol. The zero-order chi connectivity index (χ0) is 12.8. The molecule has 0 fully saturated rings. The monoisotopic (exact) mass is 265 g/mol. The number of fused-ring (bicyclic) bond motifs is 1. The van der Waals surface area contributed by atoms with Crippen molar-refractivity contribution in [3.05, 3.63) is 23.8 Å². The Balaban J connectivity index is 1.78. The number of nitrogens with zero attached hydrogens (tertiary/aromatic N) is 1. The van der Waals surface area contributed by atoms with E-state index < -0.39 is 0 Å². The normalized spacial score (nSPS) is 12.7. The van der Waals surface area contributed by atoms with E-state index in [2.05, 4.69) is 15.8 Å². The Labute approximate surface area is 111 Å². The summed E-state index contributed by atoms with van der Waals surface area (Å²) in [7, 11) is 1.75. The maximum atomic E-state index is 5.32. The lowest BCUT2D eigenvalue weighted by Gasteiger charge is -2.01. The van der Waals surface area contributed by atoms with Gasteiger partial charge in [0, 0.05) is 13.3 Å². The molecule has 18 heavy (non-hydrogen) atoms. The number of ether oxygens (including phenoxy) is 2. The van der Waals surface area contributed by atoms with Crippen molar-refractivity contribution < 1.29 is 9.47 Å². The zero-order valence-corrected chi connectivity index (χ0v) is 10.9. The van der Waals surface area contributed by atoms with Gasteiger partial charge in [-0.3, -0.25) is 5.43 Å². The van der Waals surface area contributed by atoms with Crippen LogP contribution in [0.2, 0.25) is 0 Å². The minimum absolute atomic E-state index is 0.311. The van der Waals surface area contributed by atoms with Gasteiger partial charge in [0.1, 0.15) is 0 Å². The van der Waals surface area contributed by atoms with Crippen LogP contribution >= 0.6 is 12.2 Å². The summed E-state index contributed by atoms with van der Waals surface area (Å²) >= 11 is 4.89. The summed E-state index contributed by atoms with van der Waals surface area (Å²) in [4.78, 5) is 0. The van der Waals surface area contributed by atoms with Gasteiger partial charge in [-0.25, -0.2) is 0 Å². The summed E-state index contributed by atoms with van der Waals surface area (Å²) in [6.07, 6.45) is 3.53. The molecular formula is C12H15N3O2S. The number of thiocarbonyl (C=S) groups is 1. The lowest BCUT2D eigenvalue weighted by Crippen LogP contribution is -2.28. The van der Waals surface area contributed by atoms with E-state index in [0.717, 1.165) is 24.3 Å². The van der Waals surface area contributed by atoms with Crippen LogP contribution < -0.4 is 20.2 Å². The van der Waals surface area contributed by atoms with Gasteiger partial charge in [0.05, 0.1) is 0 Å². The smallest absolute Gasteiger partial charge is 0.231 e. The molecule has 0 atom stereocenters. The van der Waals surface area contributed by atoms with E-state index in [1.165, 1.54) is 5.56 Å². The Morgan fingerprint density at radius 1 is 1.44 bits per heavy atom. The highest BCUT2D eigenvalue weighted by atomic mass is 32.1. The SMILES string of the molecule is CNC(=S)N/N=C/CCc1ccc2c(c1)OCO2. The van der Waals surface area contributed by atoms with E-state index >= 15 is 0 Å². The lowest BCUT2D eigenvalue weighted by atomic mass is 10.1. The molecule has 0 aromatic heterocycles. The van der Waals surface area contributed by atoms with E-state index in [4.69, 9.17) is 21.7 Å². The molecule has 0 spiro atoms. The number of hydrogen-bond donors (Lipinski definition) is 2. The average molecular weight is 265 g/mol. The first kappa shape index (κ1) is 12.6. The quantitative estimate of drug-likeness (QED) is 0.490. The first-order valence-corrected chi connectivity index (χ1v) is 6.08. The van der Waals surface area contributed by atoms with Crippen molar-refractivity contribution in [1.29, 1.82) is 0 Å². The Bertz CT molecular complexity index is 463. The highest BCUT2D eigenvalue weighted by molar-refractivity contribution is 7.80. The second-order valence-corrected chi connectivity index (χ2v) is 4.14. The fourth-order valence-corrected chi connectivity index (χ4v) is 1.61. The molecule has 96 valence electrons. The molecule has 5 nitrogen and oxygen atoms in total. The van der Waals surface area contributed by atoms with Crippen LogP contribution in [0.1, 0.15) is 12.0 Å². The fourth-order valence-electron chi connectivity index (χ4n) is 1.55. The van der Waals surface area contributed by atoms with Crippen LogP contribution in [0.15, 0.2) is 23.3 Å². The van der Waals surface area contributed by atoms with E-state index in [9.17, 15) is 0 Å². The molecule has 6 heteroatoms. The van der Waals surface area contributed by atoms with Crippen molar-refractivity contribution in [2.75, 3.05) is 13.8 Å². The molecule has 1 aromatic carbocycles. The van der Waals surface area contributed by atoms with E-state index in [0.29, 0.717) is 11.9 Å². The van der Waals surface area contributed by atoms with Crippen LogP contribution in [-0.4, -0.2) is 25.2 Å². The third-order valence-electron chi connectivity index (χ3n) is 2.48. The molecule has 0 bridgehead atoms. The predicted molar refractivity (Wildman–Crippen MR) is 74.2 cm³/mol. The lowest BCUT2D eigenvalue weighted by molar-refractivity contribution is 0.174. The fraction of sp³-hybridized carbons (Fsp3) is 0.333. The number of hydrogen-bond acceptors (Lipinski definition) is 4. The molecule has 0 unspecified atom stereocenters. The number of benzene rings is 1. The standard InChI is InChI=1S/C12H15N3O2S/c1-13-12(18)15-14-6-2-3-9-4-5-10-11(7-9)17-8-16-10/h4-7H,2-3,8H2,1H3,(H2,13,15,18)/b14-6+. The molecule has 2 N–H and O–H groups in total. The largest absolute Gasteiger partial charge is 0.454 e. The van der Waals surface area contributed by atoms with Gasteiger partial charge in [0.25, 0.3) is 0 Å². The molecule has 1 heterocycles. The minimum Gasteiger partial charge on any atom is -0.454 e. The first-order chi connectivity index (χ1) is 8.79. The van der Waals surface area contributed by atoms with Crippen molar-refractivity contribution in [3.63, 3.8) is 0 Å². The van der Waals surface area contributed by atoms with Gasteiger partial charge in [-0.2, -0.15) is 5.10 Å². The summed E-state index contributed by atoms with van der Waals surface area (Å²) in [6.45, 7) is 0.311. The van der Waals surface area contributed by atoms with Gasteiger partial charge in [0.15, 0.2) is 16.6 Å². The first-order valence-electron chi connectivity index (χ1n) is 5.67. The summed E-state index contributed by atoms with van der Waals surface area (Å²) in [5, 5.41) is 7.28. The Morgan fingerprint density at radius 2 is 2.28 bits per heavy atom. The van der Waals surface area contributed by atoms with E-state index in [1.54, 1.807) is 13.3 Å². The maximum Gasteiger partial charge on any atom is 0.231 e. The number of nitrogens with one attached hydrogen (secondary N) is 2. The zero-order valence-electron chi connectivity index (χ0n) is 10.1. The third kappa shape index (κ3) is 3.33. The maximum absolute atomic E-state index is 5.32. The number of rotatable bonds is 4. The van der Waals surface area contributed by atoms with Crippen LogP contribution in [0.25, 0.3) is 0 Å². The summed E-state index contributed by atoms with van der Waals surface area (Å²) < 4.78 is 10.6. The molecule has 0 aliphatic carbocycles. The van der Waals surface area contributed by atoms with Crippen molar-refractivity contribution in [1.82, 2.24) is 10.7 Å². The van der Waals surface area contributed by atoms with Crippen molar-refractivity contribution in [3.8, 4) is 11.5 Å². The van der Waals surface area contributed by atoms with Crippen molar-refractivity contribution in [2.45, 2.75) is 12.8 Å². The molecule has 0 radical (unpaired) electrons. The Kier molecular flexibility index (Phi) is 4.35. The summed E-state index contributed by atoms with van der Waals surface area (Å²) in [6, 6.07) is 5.97.